The van der Waals surface area contributed by atoms with Gasteiger partial charge in [0.05, 0.1) is 11.4 Å². The summed E-state index contributed by atoms with van der Waals surface area (Å²) in [5.74, 6) is -4.54. The number of anilines is 2. The fourth-order valence-electron chi connectivity index (χ4n) is 6.30. The molecule has 4 heterocycles. The van der Waals surface area contributed by atoms with Crippen molar-refractivity contribution in [1.82, 2.24) is 39.1 Å². The van der Waals surface area contributed by atoms with E-state index in [1.165, 1.54) is 71.6 Å². The number of hydrazine groups is 2. The highest BCUT2D eigenvalue weighted by Crippen LogP contribution is 2.31. The van der Waals surface area contributed by atoms with Gasteiger partial charge >= 0.3 is 0 Å². The number of fused-ring (bicyclic) bond motifs is 2. The summed E-state index contributed by atoms with van der Waals surface area (Å²) in [4.78, 5) is 30.2. The number of benzene rings is 4. The molecule has 310 valence electrons. The zero-order valence-electron chi connectivity index (χ0n) is 32.5. The molecular formula is C42H33F6N11O2. The van der Waals surface area contributed by atoms with E-state index in [0.29, 0.717) is 16.3 Å². The smallest absolute Gasteiger partial charge is 0.239 e. The summed E-state index contributed by atoms with van der Waals surface area (Å²) in [7, 11) is 6.93. The molecule has 0 amide bonds. The Labute approximate surface area is 342 Å². The number of aromatic nitrogens is 6. The summed E-state index contributed by atoms with van der Waals surface area (Å²) < 4.78 is 87.9. The zero-order chi connectivity index (χ0) is 43.5. The van der Waals surface area contributed by atoms with Gasteiger partial charge in [-0.15, -0.1) is 0 Å². The Morgan fingerprint density at radius 3 is 1.39 bits per heavy atom. The minimum Gasteiger partial charge on any atom is -0.410 e. The van der Waals surface area contributed by atoms with Crippen LogP contribution in [0.1, 0.15) is 27.3 Å². The lowest BCUT2D eigenvalue weighted by molar-refractivity contribution is 0.103. The molecule has 0 saturated carbocycles. The molecule has 0 fully saturated rings. The van der Waals surface area contributed by atoms with Crippen LogP contribution in [0.5, 0.6) is 0 Å². The molecule has 3 N–H and O–H groups in total. The van der Waals surface area contributed by atoms with Crippen molar-refractivity contribution in [2.45, 2.75) is 0 Å². The van der Waals surface area contributed by atoms with Crippen molar-refractivity contribution in [1.29, 1.82) is 0 Å². The van der Waals surface area contributed by atoms with Crippen LogP contribution in [0.2, 0.25) is 0 Å². The predicted molar refractivity (Wildman–Crippen MR) is 216 cm³/mol. The highest BCUT2D eigenvalue weighted by atomic mass is 19.2. The predicted octanol–water partition coefficient (Wildman–Crippen LogP) is 7.91. The van der Waals surface area contributed by atoms with Crippen molar-refractivity contribution in [2.75, 3.05) is 39.0 Å². The zero-order valence-corrected chi connectivity index (χ0v) is 32.5. The maximum atomic E-state index is 14.8. The van der Waals surface area contributed by atoms with E-state index >= 15 is 0 Å². The van der Waals surface area contributed by atoms with E-state index in [1.54, 1.807) is 44.3 Å². The molecule has 61 heavy (non-hydrogen) atoms. The SMILES string of the molecule is CN(C)Nc1ncc2cc(/C(=N/O)c3ccc(F)cc3)n(-c3c(F)cccc3F)c2n1.CN(C)Nc1ncc2cc(C(=O)c3ccc(F)cc3)n(-c3c(F)cccc3F)c2n1. The average Bonchev–Trinajstić information content (AvgIpc) is 3.77. The van der Waals surface area contributed by atoms with Crippen molar-refractivity contribution in [2.24, 2.45) is 5.16 Å². The lowest BCUT2D eigenvalue weighted by Gasteiger charge is -2.14. The largest absolute Gasteiger partial charge is 0.410 e. The molecule has 4 aromatic heterocycles. The van der Waals surface area contributed by atoms with Gasteiger partial charge < -0.3 is 5.21 Å². The Morgan fingerprint density at radius 2 is 0.984 bits per heavy atom. The molecule has 0 saturated heterocycles. The number of carbonyl (C=O) groups excluding carboxylic acids is 1. The Morgan fingerprint density at radius 1 is 0.590 bits per heavy atom. The third kappa shape index (κ3) is 8.59. The number of nitrogens with one attached hydrogen (secondary N) is 2. The van der Waals surface area contributed by atoms with E-state index in [2.05, 4.69) is 35.9 Å². The first-order valence-corrected chi connectivity index (χ1v) is 18.1. The average molecular weight is 838 g/mol. The Hall–Kier alpha value is -7.64. The molecule has 0 aliphatic carbocycles. The van der Waals surface area contributed by atoms with Crippen molar-refractivity contribution >= 4 is 45.5 Å². The van der Waals surface area contributed by atoms with Crippen LogP contribution in [0.4, 0.5) is 38.2 Å². The second-order valence-corrected chi connectivity index (χ2v) is 13.6. The monoisotopic (exact) mass is 837 g/mol. The second-order valence-electron chi connectivity index (χ2n) is 13.6. The highest BCUT2D eigenvalue weighted by molar-refractivity contribution is 6.14. The van der Waals surface area contributed by atoms with Crippen molar-refractivity contribution in [3.05, 3.63) is 167 Å². The number of para-hydroxylation sites is 2. The van der Waals surface area contributed by atoms with E-state index in [-0.39, 0.29) is 45.9 Å². The maximum absolute atomic E-state index is 14.8. The number of hydrogen-bond donors (Lipinski definition) is 3. The van der Waals surface area contributed by atoms with E-state index in [1.807, 2.05) is 0 Å². The summed E-state index contributed by atoms with van der Waals surface area (Å²) >= 11 is 0. The molecule has 0 bridgehead atoms. The first-order valence-electron chi connectivity index (χ1n) is 18.1. The Bertz CT molecular complexity index is 2890. The first-order chi connectivity index (χ1) is 29.2. The van der Waals surface area contributed by atoms with E-state index in [9.17, 15) is 36.3 Å². The van der Waals surface area contributed by atoms with Crippen LogP contribution < -0.4 is 10.9 Å². The molecule has 0 aliphatic rings. The molecule has 0 radical (unpaired) electrons. The van der Waals surface area contributed by atoms with Gasteiger partial charge in [-0.25, -0.2) is 46.3 Å². The lowest BCUT2D eigenvalue weighted by atomic mass is 10.1. The topological polar surface area (TPSA) is 142 Å². The fourth-order valence-corrected chi connectivity index (χ4v) is 6.30. The number of rotatable bonds is 10. The Balaban J connectivity index is 0.000000184. The molecule has 4 aromatic carbocycles. The van der Waals surface area contributed by atoms with Crippen LogP contribution in [-0.4, -0.2) is 84.0 Å². The lowest BCUT2D eigenvalue weighted by Crippen LogP contribution is -2.21. The minimum absolute atomic E-state index is 0.0252. The van der Waals surface area contributed by atoms with Crippen molar-refractivity contribution in [3.63, 3.8) is 0 Å². The number of nitrogens with zero attached hydrogens (tertiary/aromatic N) is 9. The van der Waals surface area contributed by atoms with E-state index < -0.39 is 52.1 Å². The molecule has 19 heteroatoms. The molecule has 8 rings (SSSR count). The third-order valence-corrected chi connectivity index (χ3v) is 8.85. The van der Waals surface area contributed by atoms with Crippen LogP contribution in [0.25, 0.3) is 33.4 Å². The Kier molecular flexibility index (Phi) is 11.8. The van der Waals surface area contributed by atoms with Gasteiger partial charge in [0.1, 0.15) is 52.0 Å². The van der Waals surface area contributed by atoms with Crippen molar-refractivity contribution in [3.8, 4) is 11.4 Å². The van der Waals surface area contributed by atoms with Crippen LogP contribution in [-0.2, 0) is 0 Å². The molecule has 0 unspecified atom stereocenters. The molecule has 8 aromatic rings. The maximum Gasteiger partial charge on any atom is 0.239 e. The first kappa shape index (κ1) is 41.5. The summed E-state index contributed by atoms with van der Waals surface area (Å²) in [5, 5.41) is 17.1. The van der Waals surface area contributed by atoms with Gasteiger partial charge in [-0.1, -0.05) is 17.3 Å². The van der Waals surface area contributed by atoms with E-state index in [4.69, 9.17) is 0 Å². The third-order valence-electron chi connectivity index (χ3n) is 8.85. The molecule has 13 nitrogen and oxygen atoms in total. The molecular weight excluding hydrogens is 805 g/mol. The van der Waals surface area contributed by atoms with Crippen LogP contribution in [0.3, 0.4) is 0 Å². The number of oxime groups is 1. The summed E-state index contributed by atoms with van der Waals surface area (Å²) in [6, 6.07) is 20.0. The summed E-state index contributed by atoms with van der Waals surface area (Å²) in [5.41, 5.74) is 5.83. The van der Waals surface area contributed by atoms with E-state index in [0.717, 1.165) is 41.0 Å². The minimum atomic E-state index is -0.860. The normalized spacial score (nSPS) is 11.6. The standard InChI is InChI=1S/C21H17F3N6O.C21H16F3N5O/c1-29(2)27-21-25-11-13-10-17(18(28-31)12-6-8-14(22)9-7-12)30(20(13)26-21)19-15(23)4-3-5-16(19)24;1-28(2)27-21-25-11-13-10-17(19(30)12-6-8-14(22)9-7-12)29(20(13)26-21)18-15(23)4-3-5-16(18)24/h3-11,31H,1-2H3,(H,25,26,27);3-11H,1-2H3,(H,25,26,27)/b28-18+;. The van der Waals surface area contributed by atoms with Crippen LogP contribution >= 0.6 is 0 Å². The second kappa shape index (κ2) is 17.3. The summed E-state index contributed by atoms with van der Waals surface area (Å²) in [6.45, 7) is 0. The highest BCUT2D eigenvalue weighted by Gasteiger charge is 2.26. The van der Waals surface area contributed by atoms with Gasteiger partial charge in [0.15, 0.2) is 11.3 Å². The van der Waals surface area contributed by atoms with Gasteiger partial charge in [0, 0.05) is 62.5 Å². The number of ketones is 1. The number of hydrogen-bond acceptors (Lipinski definition) is 11. The number of carbonyl (C=O) groups is 1. The molecule has 0 atom stereocenters. The van der Waals surface area contributed by atoms with Crippen molar-refractivity contribution < 1.29 is 36.3 Å². The molecule has 0 aliphatic heterocycles. The van der Waals surface area contributed by atoms with Gasteiger partial charge in [0.2, 0.25) is 17.7 Å². The van der Waals surface area contributed by atoms with Gasteiger partial charge in [-0.05, 0) is 84.9 Å². The van der Waals surface area contributed by atoms with Gasteiger partial charge in [0.25, 0.3) is 0 Å². The van der Waals surface area contributed by atoms with Crippen LogP contribution in [0.15, 0.2) is 115 Å². The number of halogens is 6. The quantitative estimate of drug-likeness (QED) is 0.0409. The van der Waals surface area contributed by atoms with Gasteiger partial charge in [-0.3, -0.25) is 24.8 Å². The summed E-state index contributed by atoms with van der Waals surface area (Å²) in [6.07, 6.45) is 2.93. The fraction of sp³-hybridized carbons (Fsp3) is 0.0952. The van der Waals surface area contributed by atoms with Crippen LogP contribution in [0, 0.1) is 34.9 Å². The van der Waals surface area contributed by atoms with Gasteiger partial charge in [-0.2, -0.15) is 9.97 Å². The molecule has 0 spiro atoms.